The maximum atomic E-state index is 10.9. The van der Waals surface area contributed by atoms with Gasteiger partial charge >= 0.3 is 0 Å². The van der Waals surface area contributed by atoms with Crippen molar-refractivity contribution in [1.29, 1.82) is 0 Å². The molecular weight excluding hydrogens is 180 g/mol. The summed E-state index contributed by atoms with van der Waals surface area (Å²) in [4.78, 5) is -1.58. The molecule has 1 rings (SSSR count). The number of ether oxygens (including phenoxy) is 1. The second-order valence-electron chi connectivity index (χ2n) is 2.48. The van der Waals surface area contributed by atoms with E-state index in [1.54, 1.807) is 12.2 Å². The molecule has 0 aromatic heterocycles. The van der Waals surface area contributed by atoms with Gasteiger partial charge in [-0.15, -0.1) is 0 Å². The van der Waals surface area contributed by atoms with Gasteiger partial charge in [0.25, 0.3) is 10.1 Å². The lowest BCUT2D eigenvalue weighted by Crippen LogP contribution is -2.38. The molecule has 68 valence electrons. The molecular formula is C7H10O4S. The van der Waals surface area contributed by atoms with Gasteiger partial charge in [0.15, 0.2) is 0 Å². The van der Waals surface area contributed by atoms with E-state index in [-0.39, 0.29) is 6.42 Å². The molecule has 0 aliphatic heterocycles. The van der Waals surface area contributed by atoms with Gasteiger partial charge in [-0.1, -0.05) is 18.2 Å². The highest BCUT2D eigenvalue weighted by atomic mass is 32.2. The van der Waals surface area contributed by atoms with Gasteiger partial charge in [0.2, 0.25) is 4.93 Å². The fraction of sp³-hybridized carbons (Fsp3) is 0.429. The Labute approximate surface area is 71.3 Å². The number of rotatable bonds is 2. The predicted octanol–water partition coefficient (Wildman–Crippen LogP) is 0.733. The first-order valence-electron chi connectivity index (χ1n) is 3.38. The number of allylic oxidation sites excluding steroid dienone is 2. The Morgan fingerprint density at radius 2 is 2.17 bits per heavy atom. The third-order valence-electron chi connectivity index (χ3n) is 1.78. The molecule has 0 bridgehead atoms. The molecule has 0 saturated carbocycles. The van der Waals surface area contributed by atoms with Crippen LogP contribution in [0.4, 0.5) is 0 Å². The number of methoxy groups -OCH3 is 1. The van der Waals surface area contributed by atoms with E-state index in [9.17, 15) is 8.42 Å². The average molecular weight is 190 g/mol. The largest absolute Gasteiger partial charge is 0.357 e. The van der Waals surface area contributed by atoms with E-state index in [1.807, 2.05) is 0 Å². The fourth-order valence-electron chi connectivity index (χ4n) is 1.03. The van der Waals surface area contributed by atoms with E-state index in [0.717, 1.165) is 0 Å². The zero-order valence-corrected chi connectivity index (χ0v) is 7.41. The van der Waals surface area contributed by atoms with Gasteiger partial charge < -0.3 is 4.74 Å². The summed E-state index contributed by atoms with van der Waals surface area (Å²) in [6.45, 7) is 0. The van der Waals surface area contributed by atoms with Crippen molar-refractivity contribution in [3.8, 4) is 0 Å². The minimum absolute atomic E-state index is 0.138. The molecule has 1 N–H and O–H groups in total. The van der Waals surface area contributed by atoms with Crippen molar-refractivity contribution in [2.24, 2.45) is 0 Å². The van der Waals surface area contributed by atoms with Crippen LogP contribution in [0.2, 0.25) is 0 Å². The van der Waals surface area contributed by atoms with Crippen LogP contribution in [0.15, 0.2) is 24.3 Å². The Hall–Kier alpha value is -0.650. The monoisotopic (exact) mass is 190 g/mol. The summed E-state index contributed by atoms with van der Waals surface area (Å²) in [6, 6.07) is 0. The minimum Gasteiger partial charge on any atom is -0.357 e. The zero-order chi connectivity index (χ0) is 9.24. The predicted molar refractivity (Wildman–Crippen MR) is 44.2 cm³/mol. The maximum Gasteiger partial charge on any atom is 0.299 e. The molecule has 4 nitrogen and oxygen atoms in total. The molecule has 0 fully saturated rings. The van der Waals surface area contributed by atoms with Crippen LogP contribution in [-0.4, -0.2) is 25.0 Å². The third kappa shape index (κ3) is 1.43. The van der Waals surface area contributed by atoms with Gasteiger partial charge in [0, 0.05) is 13.5 Å². The first kappa shape index (κ1) is 9.44. The highest BCUT2D eigenvalue weighted by molar-refractivity contribution is 7.87. The Balaban J connectivity index is 3.09. The molecule has 12 heavy (non-hydrogen) atoms. The van der Waals surface area contributed by atoms with E-state index in [4.69, 9.17) is 9.29 Å². The molecule has 1 aliphatic carbocycles. The van der Waals surface area contributed by atoms with E-state index < -0.39 is 15.1 Å². The van der Waals surface area contributed by atoms with Gasteiger partial charge in [-0.25, -0.2) is 0 Å². The number of hydrogen-bond acceptors (Lipinski definition) is 3. The molecule has 0 aromatic rings. The van der Waals surface area contributed by atoms with Gasteiger partial charge in [-0.3, -0.25) is 4.55 Å². The Morgan fingerprint density at radius 3 is 2.42 bits per heavy atom. The summed E-state index contributed by atoms with van der Waals surface area (Å²) in [6.07, 6.45) is 6.31. The highest BCUT2D eigenvalue weighted by Crippen LogP contribution is 2.26. The molecule has 0 spiro atoms. The molecule has 5 heteroatoms. The molecule has 1 unspecified atom stereocenters. The average Bonchev–Trinajstić information content (AvgIpc) is 2.04. The summed E-state index contributed by atoms with van der Waals surface area (Å²) in [7, 11) is -2.95. The van der Waals surface area contributed by atoms with Gasteiger partial charge in [-0.2, -0.15) is 8.42 Å². The summed E-state index contributed by atoms with van der Waals surface area (Å²) >= 11 is 0. The van der Waals surface area contributed by atoms with Gasteiger partial charge in [0.05, 0.1) is 0 Å². The van der Waals surface area contributed by atoms with Crippen LogP contribution in [-0.2, 0) is 14.9 Å². The molecule has 0 amide bonds. The van der Waals surface area contributed by atoms with Crippen molar-refractivity contribution in [2.45, 2.75) is 11.4 Å². The standard InChI is InChI=1S/C7H10O4S/c1-11-7(12(8,9)10)5-3-2-4-6-7/h2-5H,6H2,1H3,(H,8,9,10). The van der Waals surface area contributed by atoms with Crippen LogP contribution in [0.1, 0.15) is 6.42 Å². The van der Waals surface area contributed by atoms with E-state index in [1.165, 1.54) is 19.3 Å². The van der Waals surface area contributed by atoms with Crippen molar-refractivity contribution < 1.29 is 17.7 Å². The third-order valence-corrected chi connectivity index (χ3v) is 3.12. The van der Waals surface area contributed by atoms with Crippen molar-refractivity contribution in [3.05, 3.63) is 24.3 Å². The van der Waals surface area contributed by atoms with Crippen LogP contribution in [0.3, 0.4) is 0 Å². The lowest BCUT2D eigenvalue weighted by Gasteiger charge is -2.25. The SMILES string of the molecule is COC1(S(=O)(=O)O)C=CC=CC1. The van der Waals surface area contributed by atoms with E-state index in [0.29, 0.717) is 0 Å². The van der Waals surface area contributed by atoms with Crippen molar-refractivity contribution in [1.82, 2.24) is 0 Å². The molecule has 0 heterocycles. The number of hydrogen-bond donors (Lipinski definition) is 1. The molecule has 0 radical (unpaired) electrons. The van der Waals surface area contributed by atoms with Crippen molar-refractivity contribution in [2.75, 3.05) is 7.11 Å². The summed E-state index contributed by atoms with van der Waals surface area (Å²) in [5.74, 6) is 0. The second kappa shape index (κ2) is 3.01. The maximum absolute atomic E-state index is 10.9. The lowest BCUT2D eigenvalue weighted by molar-refractivity contribution is 0.0944. The van der Waals surface area contributed by atoms with Crippen LogP contribution in [0, 0.1) is 0 Å². The van der Waals surface area contributed by atoms with Crippen LogP contribution in [0.25, 0.3) is 0 Å². The summed E-state index contributed by atoms with van der Waals surface area (Å²) in [5.41, 5.74) is 0. The Kier molecular flexibility index (Phi) is 2.36. The van der Waals surface area contributed by atoms with Crippen LogP contribution < -0.4 is 0 Å². The molecule has 0 saturated heterocycles. The van der Waals surface area contributed by atoms with Crippen molar-refractivity contribution in [3.63, 3.8) is 0 Å². The first-order valence-corrected chi connectivity index (χ1v) is 4.82. The van der Waals surface area contributed by atoms with Crippen LogP contribution >= 0.6 is 0 Å². The zero-order valence-electron chi connectivity index (χ0n) is 6.60. The molecule has 1 atom stereocenters. The summed E-state index contributed by atoms with van der Waals surface area (Å²) in [5, 5.41) is 0. The Bertz CT molecular complexity index is 314. The Morgan fingerprint density at radius 1 is 1.50 bits per heavy atom. The van der Waals surface area contributed by atoms with Crippen LogP contribution in [0.5, 0.6) is 0 Å². The lowest BCUT2D eigenvalue weighted by atomic mass is 10.1. The highest BCUT2D eigenvalue weighted by Gasteiger charge is 2.40. The second-order valence-corrected chi connectivity index (χ2v) is 4.12. The molecule has 0 aromatic carbocycles. The summed E-state index contributed by atoms with van der Waals surface area (Å²) < 4.78 is 35.4. The smallest absolute Gasteiger partial charge is 0.299 e. The van der Waals surface area contributed by atoms with E-state index in [2.05, 4.69) is 0 Å². The van der Waals surface area contributed by atoms with Gasteiger partial charge in [-0.05, 0) is 6.08 Å². The fourth-order valence-corrected chi connectivity index (χ4v) is 1.80. The quantitative estimate of drug-likeness (QED) is 0.652. The minimum atomic E-state index is -4.20. The normalized spacial score (nSPS) is 29.2. The van der Waals surface area contributed by atoms with Gasteiger partial charge in [0.1, 0.15) is 0 Å². The molecule has 1 aliphatic rings. The van der Waals surface area contributed by atoms with Crippen molar-refractivity contribution >= 4 is 10.1 Å². The van der Waals surface area contributed by atoms with E-state index >= 15 is 0 Å². The first-order chi connectivity index (χ1) is 5.52. The topological polar surface area (TPSA) is 63.6 Å².